The van der Waals surface area contributed by atoms with Crippen LogP contribution in [0.4, 0.5) is 0 Å². The molecule has 0 aliphatic heterocycles. The fraction of sp³-hybridized carbons (Fsp3) is 0.560. The van der Waals surface area contributed by atoms with E-state index in [-0.39, 0.29) is 18.5 Å². The lowest BCUT2D eigenvalue weighted by atomic mass is 9.98. The molecule has 0 aromatic rings. The quantitative estimate of drug-likeness (QED) is 0.280. The third-order valence-corrected chi connectivity index (χ3v) is 4.90. The molecule has 1 aliphatic carbocycles. The van der Waals surface area contributed by atoms with Gasteiger partial charge in [-0.2, -0.15) is 0 Å². The summed E-state index contributed by atoms with van der Waals surface area (Å²) in [5.41, 5.74) is 2.76. The van der Waals surface area contributed by atoms with Crippen LogP contribution in [0.3, 0.4) is 0 Å². The maximum atomic E-state index is 11.9. The van der Waals surface area contributed by atoms with Gasteiger partial charge in [0, 0.05) is 12.5 Å². The van der Waals surface area contributed by atoms with E-state index in [2.05, 4.69) is 0 Å². The number of hydrogen-bond acceptors (Lipinski definition) is 5. The molecule has 0 heterocycles. The first-order valence-electron chi connectivity index (χ1n) is 10.8. The van der Waals surface area contributed by atoms with Crippen LogP contribution in [0.25, 0.3) is 0 Å². The van der Waals surface area contributed by atoms with Crippen molar-refractivity contribution in [2.75, 3.05) is 0 Å². The number of rotatable bonds is 10. The molecule has 0 bridgehead atoms. The number of aliphatic hydroxyl groups is 3. The highest BCUT2D eigenvalue weighted by Gasteiger charge is 2.16. The average Bonchev–Trinajstić information content (AvgIpc) is 2.66. The van der Waals surface area contributed by atoms with Crippen LogP contribution in [0.2, 0.25) is 0 Å². The second kappa shape index (κ2) is 14.1. The molecule has 1 aliphatic rings. The fourth-order valence-electron chi connectivity index (χ4n) is 3.32. The Balaban J connectivity index is 2.53. The van der Waals surface area contributed by atoms with Gasteiger partial charge in [0.15, 0.2) is 0 Å². The molecule has 0 spiro atoms. The van der Waals surface area contributed by atoms with E-state index >= 15 is 0 Å². The van der Waals surface area contributed by atoms with Gasteiger partial charge in [-0.1, -0.05) is 59.6 Å². The van der Waals surface area contributed by atoms with E-state index in [9.17, 15) is 20.1 Å². The van der Waals surface area contributed by atoms with Gasteiger partial charge in [0.05, 0.1) is 18.3 Å². The molecular formula is C25H38O5. The summed E-state index contributed by atoms with van der Waals surface area (Å²) in [4.78, 5) is 11.9. The molecule has 0 saturated heterocycles. The van der Waals surface area contributed by atoms with Crippen molar-refractivity contribution in [3.05, 3.63) is 59.3 Å². The lowest BCUT2D eigenvalue weighted by molar-refractivity contribution is -0.144. The number of carbonyl (C=O) groups excluding carboxylic acids is 1. The molecule has 30 heavy (non-hydrogen) atoms. The van der Waals surface area contributed by atoms with Gasteiger partial charge in [-0.3, -0.25) is 0 Å². The van der Waals surface area contributed by atoms with Crippen molar-refractivity contribution >= 4 is 5.97 Å². The molecule has 0 aromatic heterocycles. The Morgan fingerprint density at radius 2 is 1.63 bits per heavy atom. The Bertz CT molecular complexity index is 676. The smallest absolute Gasteiger partial charge is 0.331 e. The van der Waals surface area contributed by atoms with Crippen LogP contribution >= 0.6 is 0 Å². The third kappa shape index (κ3) is 11.9. The molecule has 1 fully saturated rings. The molecule has 0 amide bonds. The van der Waals surface area contributed by atoms with Crippen molar-refractivity contribution in [2.45, 2.75) is 90.6 Å². The average molecular weight is 419 g/mol. The molecule has 1 rings (SSSR count). The van der Waals surface area contributed by atoms with Gasteiger partial charge in [0.25, 0.3) is 0 Å². The second-order valence-corrected chi connectivity index (χ2v) is 8.24. The first-order chi connectivity index (χ1) is 14.2. The van der Waals surface area contributed by atoms with Crippen molar-refractivity contribution in [3.8, 4) is 0 Å². The standard InChI is InChI=1S/C25H38O5/c1-18(9-8-10-19(2)16-23(27)24(28)17-21(4)26)15-20(3)13-14-25(29)30-22-11-6-5-7-12-22/h8-10,13-16,21-24,26-28H,5-7,11-12,17H2,1-4H3/b10-8+,14-13+,18-9?,19-16+,20-15?. The highest BCUT2D eigenvalue weighted by atomic mass is 16.5. The summed E-state index contributed by atoms with van der Waals surface area (Å²) in [6.45, 7) is 7.29. The molecular weight excluding hydrogens is 380 g/mol. The number of ether oxygens (including phenoxy) is 1. The maximum Gasteiger partial charge on any atom is 0.331 e. The first-order valence-corrected chi connectivity index (χ1v) is 10.8. The molecule has 168 valence electrons. The summed E-state index contributed by atoms with van der Waals surface area (Å²) < 4.78 is 5.47. The SMILES string of the molecule is CC(=C/C=C/C(C)=C/C(O)C(O)CC(C)O)C=C(C)/C=C/C(=O)OC1CCCCC1. The number of aliphatic hydroxyl groups excluding tert-OH is 3. The largest absolute Gasteiger partial charge is 0.459 e. The van der Waals surface area contributed by atoms with Crippen LogP contribution in [0.15, 0.2) is 59.3 Å². The van der Waals surface area contributed by atoms with Crippen molar-refractivity contribution in [1.82, 2.24) is 0 Å². The second-order valence-electron chi connectivity index (χ2n) is 8.24. The number of allylic oxidation sites excluding steroid dienone is 8. The topological polar surface area (TPSA) is 87.0 Å². The molecule has 0 radical (unpaired) electrons. The Kier molecular flexibility index (Phi) is 12.3. The highest BCUT2D eigenvalue weighted by molar-refractivity contribution is 5.82. The van der Waals surface area contributed by atoms with Crippen LogP contribution < -0.4 is 0 Å². The van der Waals surface area contributed by atoms with Gasteiger partial charge in [0.1, 0.15) is 6.10 Å². The minimum Gasteiger partial charge on any atom is -0.459 e. The number of carbonyl (C=O) groups is 1. The summed E-state index contributed by atoms with van der Waals surface area (Å²) in [7, 11) is 0. The van der Waals surface area contributed by atoms with Crippen molar-refractivity contribution < 1.29 is 24.9 Å². The zero-order valence-electron chi connectivity index (χ0n) is 18.8. The summed E-state index contributed by atoms with van der Waals surface area (Å²) in [6, 6.07) is 0. The van der Waals surface area contributed by atoms with Crippen LogP contribution in [0, 0.1) is 0 Å². The van der Waals surface area contributed by atoms with E-state index in [1.165, 1.54) is 12.5 Å². The Morgan fingerprint density at radius 3 is 2.27 bits per heavy atom. The highest BCUT2D eigenvalue weighted by Crippen LogP contribution is 2.20. The fourth-order valence-corrected chi connectivity index (χ4v) is 3.32. The van der Waals surface area contributed by atoms with E-state index in [4.69, 9.17) is 4.74 Å². The van der Waals surface area contributed by atoms with Gasteiger partial charge < -0.3 is 20.1 Å². The van der Waals surface area contributed by atoms with Crippen LogP contribution in [-0.2, 0) is 9.53 Å². The van der Waals surface area contributed by atoms with Gasteiger partial charge in [-0.25, -0.2) is 4.79 Å². The predicted octanol–water partition coefficient (Wildman–Crippen LogP) is 4.31. The zero-order chi connectivity index (χ0) is 22.5. The van der Waals surface area contributed by atoms with E-state index in [1.807, 2.05) is 45.1 Å². The summed E-state index contributed by atoms with van der Waals surface area (Å²) in [5.74, 6) is -0.284. The van der Waals surface area contributed by atoms with Crippen molar-refractivity contribution in [3.63, 3.8) is 0 Å². The van der Waals surface area contributed by atoms with Gasteiger partial charge >= 0.3 is 5.97 Å². The lowest BCUT2D eigenvalue weighted by Crippen LogP contribution is -2.27. The van der Waals surface area contributed by atoms with Crippen molar-refractivity contribution in [2.24, 2.45) is 0 Å². The molecule has 5 nitrogen and oxygen atoms in total. The molecule has 3 N–H and O–H groups in total. The minimum atomic E-state index is -1.02. The third-order valence-electron chi connectivity index (χ3n) is 4.90. The molecule has 5 heteroatoms. The van der Waals surface area contributed by atoms with E-state index < -0.39 is 18.3 Å². The summed E-state index contributed by atoms with van der Waals surface area (Å²) >= 11 is 0. The number of esters is 1. The molecule has 1 saturated carbocycles. The maximum absolute atomic E-state index is 11.9. The van der Waals surface area contributed by atoms with Gasteiger partial charge in [-0.05, 0) is 53.4 Å². The predicted molar refractivity (Wildman–Crippen MR) is 121 cm³/mol. The van der Waals surface area contributed by atoms with Gasteiger partial charge in [-0.15, -0.1) is 0 Å². The van der Waals surface area contributed by atoms with Crippen LogP contribution in [-0.4, -0.2) is 45.7 Å². The van der Waals surface area contributed by atoms with Crippen LogP contribution in [0.5, 0.6) is 0 Å². The Labute approximate surface area is 181 Å². The summed E-state index contributed by atoms with van der Waals surface area (Å²) in [5, 5.41) is 29.0. The zero-order valence-corrected chi connectivity index (χ0v) is 18.8. The van der Waals surface area contributed by atoms with Gasteiger partial charge in [0.2, 0.25) is 0 Å². The Hall–Kier alpha value is -1.95. The molecule has 3 unspecified atom stereocenters. The monoisotopic (exact) mass is 418 g/mol. The summed E-state index contributed by atoms with van der Waals surface area (Å²) in [6.07, 6.45) is 15.3. The molecule has 3 atom stereocenters. The van der Waals surface area contributed by atoms with E-state index in [0.717, 1.165) is 42.4 Å². The minimum absolute atomic E-state index is 0.0647. The molecule has 0 aromatic carbocycles. The normalized spacial score (nSPS) is 20.6. The number of hydrogen-bond donors (Lipinski definition) is 3. The van der Waals surface area contributed by atoms with E-state index in [1.54, 1.807) is 19.1 Å². The first kappa shape index (κ1) is 26.1. The Morgan fingerprint density at radius 1 is 0.967 bits per heavy atom. The van der Waals surface area contributed by atoms with E-state index in [0.29, 0.717) is 0 Å². The van der Waals surface area contributed by atoms with Crippen LogP contribution in [0.1, 0.15) is 66.2 Å². The lowest BCUT2D eigenvalue weighted by Gasteiger charge is -2.20. The van der Waals surface area contributed by atoms with Crippen molar-refractivity contribution in [1.29, 1.82) is 0 Å².